The molecular formula is C15H21N3O3. The lowest BCUT2D eigenvalue weighted by Crippen LogP contribution is -2.27. The molecule has 0 spiro atoms. The summed E-state index contributed by atoms with van der Waals surface area (Å²) in [5.74, 6) is 0.573. The number of aromatic nitrogens is 1. The van der Waals surface area contributed by atoms with Crippen molar-refractivity contribution in [2.75, 3.05) is 18.0 Å². The fourth-order valence-corrected chi connectivity index (χ4v) is 2.48. The first kappa shape index (κ1) is 15.3. The SMILES string of the molecule is CC(C)OC(=O)C1CCN(c2ncccc2CNC=O)C1. The second kappa shape index (κ2) is 7.06. The Labute approximate surface area is 124 Å². The number of ether oxygens (including phenoxy) is 1. The summed E-state index contributed by atoms with van der Waals surface area (Å²) in [5.41, 5.74) is 0.947. The number of pyridine rings is 1. The smallest absolute Gasteiger partial charge is 0.311 e. The van der Waals surface area contributed by atoms with E-state index in [1.165, 1.54) is 0 Å². The number of hydrogen-bond donors (Lipinski definition) is 1. The van der Waals surface area contributed by atoms with Crippen molar-refractivity contribution in [2.24, 2.45) is 5.92 Å². The fraction of sp³-hybridized carbons (Fsp3) is 0.533. The molecule has 1 aliphatic rings. The molecule has 1 aromatic heterocycles. The highest BCUT2D eigenvalue weighted by atomic mass is 16.5. The number of amides is 1. The molecule has 1 amide bonds. The van der Waals surface area contributed by atoms with E-state index < -0.39 is 0 Å². The van der Waals surface area contributed by atoms with E-state index in [9.17, 15) is 9.59 Å². The van der Waals surface area contributed by atoms with Gasteiger partial charge in [0.2, 0.25) is 6.41 Å². The Hall–Kier alpha value is -2.11. The van der Waals surface area contributed by atoms with E-state index in [-0.39, 0.29) is 18.0 Å². The Kier molecular flexibility index (Phi) is 5.14. The van der Waals surface area contributed by atoms with E-state index in [0.29, 0.717) is 19.5 Å². The second-order valence-electron chi connectivity index (χ2n) is 5.40. The average molecular weight is 291 g/mol. The van der Waals surface area contributed by atoms with Gasteiger partial charge in [0.15, 0.2) is 0 Å². The Morgan fingerprint density at radius 3 is 3.14 bits per heavy atom. The number of carbonyl (C=O) groups excluding carboxylic acids is 2. The molecule has 0 bridgehead atoms. The van der Waals surface area contributed by atoms with Crippen molar-refractivity contribution in [3.63, 3.8) is 0 Å². The van der Waals surface area contributed by atoms with Gasteiger partial charge in [-0.2, -0.15) is 0 Å². The standard InChI is InChI=1S/C15H21N3O3/c1-11(2)21-15(20)13-5-7-18(9-13)14-12(8-16-10-19)4-3-6-17-14/h3-4,6,10-11,13H,5,7-9H2,1-2H3,(H,16,19). The van der Waals surface area contributed by atoms with Crippen LogP contribution in [0.2, 0.25) is 0 Å². The molecule has 0 aromatic carbocycles. The molecule has 1 unspecified atom stereocenters. The summed E-state index contributed by atoms with van der Waals surface area (Å²) in [6.45, 7) is 5.52. The predicted molar refractivity (Wildman–Crippen MR) is 78.7 cm³/mol. The third-order valence-corrected chi connectivity index (χ3v) is 3.42. The van der Waals surface area contributed by atoms with Gasteiger partial charge in [0.25, 0.3) is 0 Å². The van der Waals surface area contributed by atoms with Crippen LogP contribution in [0, 0.1) is 5.92 Å². The molecule has 1 N–H and O–H groups in total. The maximum absolute atomic E-state index is 12.0. The molecule has 0 saturated carbocycles. The van der Waals surface area contributed by atoms with Crippen LogP contribution >= 0.6 is 0 Å². The molecule has 1 aliphatic heterocycles. The first-order valence-corrected chi connectivity index (χ1v) is 7.18. The van der Waals surface area contributed by atoms with Gasteiger partial charge in [-0.1, -0.05) is 6.07 Å². The molecule has 1 atom stereocenters. The van der Waals surface area contributed by atoms with Crippen molar-refractivity contribution in [3.05, 3.63) is 23.9 Å². The average Bonchev–Trinajstić information content (AvgIpc) is 2.94. The predicted octanol–water partition coefficient (Wildman–Crippen LogP) is 1.11. The van der Waals surface area contributed by atoms with Gasteiger partial charge in [0.1, 0.15) is 5.82 Å². The van der Waals surface area contributed by atoms with Gasteiger partial charge in [0, 0.05) is 31.4 Å². The molecule has 0 radical (unpaired) electrons. The Morgan fingerprint density at radius 2 is 2.43 bits per heavy atom. The fourth-order valence-electron chi connectivity index (χ4n) is 2.48. The lowest BCUT2D eigenvalue weighted by Gasteiger charge is -2.20. The van der Waals surface area contributed by atoms with Gasteiger partial charge in [0.05, 0.1) is 12.0 Å². The van der Waals surface area contributed by atoms with E-state index in [1.54, 1.807) is 6.20 Å². The normalized spacial score (nSPS) is 17.9. The van der Waals surface area contributed by atoms with Crippen molar-refractivity contribution in [1.82, 2.24) is 10.3 Å². The van der Waals surface area contributed by atoms with Gasteiger partial charge in [-0.15, -0.1) is 0 Å². The molecule has 6 heteroatoms. The van der Waals surface area contributed by atoms with Gasteiger partial charge in [-0.25, -0.2) is 4.98 Å². The van der Waals surface area contributed by atoms with Crippen LogP contribution in [0.25, 0.3) is 0 Å². The van der Waals surface area contributed by atoms with E-state index in [4.69, 9.17) is 4.74 Å². The number of anilines is 1. The first-order valence-electron chi connectivity index (χ1n) is 7.18. The molecule has 21 heavy (non-hydrogen) atoms. The van der Waals surface area contributed by atoms with Gasteiger partial charge in [-0.05, 0) is 26.3 Å². The van der Waals surface area contributed by atoms with Crippen molar-refractivity contribution < 1.29 is 14.3 Å². The monoisotopic (exact) mass is 291 g/mol. The minimum absolute atomic E-state index is 0.0891. The molecule has 6 nitrogen and oxygen atoms in total. The summed E-state index contributed by atoms with van der Waals surface area (Å²) in [5, 5.41) is 2.65. The number of nitrogens with one attached hydrogen (secondary N) is 1. The summed E-state index contributed by atoms with van der Waals surface area (Å²) in [7, 11) is 0. The third kappa shape index (κ3) is 3.93. The highest BCUT2D eigenvalue weighted by Crippen LogP contribution is 2.26. The van der Waals surface area contributed by atoms with Crippen LogP contribution in [-0.4, -0.2) is 36.6 Å². The molecule has 1 saturated heterocycles. The number of nitrogens with zero attached hydrogens (tertiary/aromatic N) is 2. The minimum Gasteiger partial charge on any atom is -0.463 e. The number of esters is 1. The number of rotatable bonds is 6. The summed E-state index contributed by atoms with van der Waals surface area (Å²) in [6.07, 6.45) is 3.07. The highest BCUT2D eigenvalue weighted by molar-refractivity contribution is 5.74. The number of carbonyl (C=O) groups is 2. The molecule has 2 heterocycles. The second-order valence-corrected chi connectivity index (χ2v) is 5.40. The van der Waals surface area contributed by atoms with Crippen molar-refractivity contribution in [2.45, 2.75) is 32.9 Å². The van der Waals surface area contributed by atoms with Crippen LogP contribution in [0.5, 0.6) is 0 Å². The Morgan fingerprint density at radius 1 is 1.62 bits per heavy atom. The van der Waals surface area contributed by atoms with Crippen LogP contribution < -0.4 is 10.2 Å². The molecule has 0 aliphatic carbocycles. The van der Waals surface area contributed by atoms with Crippen LogP contribution in [0.1, 0.15) is 25.8 Å². The molecule has 1 fully saturated rings. The largest absolute Gasteiger partial charge is 0.463 e. The van der Waals surface area contributed by atoms with Gasteiger partial charge >= 0.3 is 5.97 Å². The van der Waals surface area contributed by atoms with Crippen molar-refractivity contribution >= 4 is 18.2 Å². The maximum atomic E-state index is 12.0. The zero-order valence-corrected chi connectivity index (χ0v) is 12.4. The lowest BCUT2D eigenvalue weighted by molar-refractivity contribution is -0.151. The van der Waals surface area contributed by atoms with Crippen LogP contribution in [-0.2, 0) is 20.9 Å². The van der Waals surface area contributed by atoms with E-state index in [0.717, 1.165) is 24.3 Å². The number of hydrogen-bond acceptors (Lipinski definition) is 5. The molecular weight excluding hydrogens is 270 g/mol. The van der Waals surface area contributed by atoms with E-state index in [1.807, 2.05) is 26.0 Å². The quantitative estimate of drug-likeness (QED) is 0.628. The molecule has 114 valence electrons. The summed E-state index contributed by atoms with van der Waals surface area (Å²) in [6, 6.07) is 3.77. The highest BCUT2D eigenvalue weighted by Gasteiger charge is 2.31. The van der Waals surface area contributed by atoms with Crippen molar-refractivity contribution in [1.29, 1.82) is 0 Å². The van der Waals surface area contributed by atoms with Crippen molar-refractivity contribution in [3.8, 4) is 0 Å². The Bertz CT molecular complexity index is 505. The van der Waals surface area contributed by atoms with Gasteiger partial charge < -0.3 is 15.0 Å². The summed E-state index contributed by atoms with van der Waals surface area (Å²) >= 11 is 0. The Balaban J connectivity index is 2.04. The minimum atomic E-state index is -0.143. The van der Waals surface area contributed by atoms with E-state index >= 15 is 0 Å². The topological polar surface area (TPSA) is 71.5 Å². The molecule has 2 rings (SSSR count). The van der Waals surface area contributed by atoms with Gasteiger partial charge in [-0.3, -0.25) is 9.59 Å². The molecule has 1 aromatic rings. The first-order chi connectivity index (χ1) is 10.1. The third-order valence-electron chi connectivity index (χ3n) is 3.42. The van der Waals surface area contributed by atoms with Crippen LogP contribution in [0.4, 0.5) is 5.82 Å². The summed E-state index contributed by atoms with van der Waals surface area (Å²) in [4.78, 5) is 28.9. The zero-order chi connectivity index (χ0) is 15.2. The van der Waals surface area contributed by atoms with Crippen LogP contribution in [0.15, 0.2) is 18.3 Å². The maximum Gasteiger partial charge on any atom is 0.311 e. The van der Waals surface area contributed by atoms with Crippen LogP contribution in [0.3, 0.4) is 0 Å². The van der Waals surface area contributed by atoms with E-state index in [2.05, 4.69) is 15.2 Å². The lowest BCUT2D eigenvalue weighted by atomic mass is 10.1. The zero-order valence-electron chi connectivity index (χ0n) is 12.4. The summed E-state index contributed by atoms with van der Waals surface area (Å²) < 4.78 is 5.27.